The zero-order valence-electron chi connectivity index (χ0n) is 9.37. The lowest BCUT2D eigenvalue weighted by Gasteiger charge is -2.23. The normalized spacial score (nSPS) is 11.5. The van der Waals surface area contributed by atoms with Crippen LogP contribution in [0.15, 0.2) is 0 Å². The van der Waals surface area contributed by atoms with E-state index in [1.165, 1.54) is 0 Å². The molecule has 1 amide bonds. The molecular formula is C10H20FNO3. The summed E-state index contributed by atoms with van der Waals surface area (Å²) in [5, 5.41) is 17.0. The van der Waals surface area contributed by atoms with E-state index in [9.17, 15) is 9.18 Å². The van der Waals surface area contributed by atoms with Crippen molar-refractivity contribution >= 4 is 5.91 Å². The molecule has 4 nitrogen and oxygen atoms in total. The number of alkyl halides is 1. The van der Waals surface area contributed by atoms with Crippen LogP contribution in [-0.4, -0.2) is 40.2 Å². The second-order valence-corrected chi connectivity index (χ2v) is 3.53. The molecular weight excluding hydrogens is 201 g/mol. The number of hydrogen-bond donors (Lipinski definition) is 2. The van der Waals surface area contributed by atoms with Crippen LogP contribution in [0.3, 0.4) is 0 Å². The first kappa shape index (κ1) is 14.3. The number of aliphatic hydroxyl groups is 2. The van der Waals surface area contributed by atoms with Crippen LogP contribution in [0.5, 0.6) is 0 Å². The van der Waals surface area contributed by atoms with E-state index in [2.05, 4.69) is 6.92 Å². The second-order valence-electron chi connectivity index (χ2n) is 3.53. The van der Waals surface area contributed by atoms with E-state index in [1.54, 1.807) is 6.92 Å². The molecule has 0 aliphatic heterocycles. The number of unbranched alkanes of at least 4 members (excludes halogenated alkanes) is 3. The van der Waals surface area contributed by atoms with Gasteiger partial charge in [0, 0.05) is 13.1 Å². The van der Waals surface area contributed by atoms with Gasteiger partial charge in [0.15, 0.2) is 0 Å². The van der Waals surface area contributed by atoms with Gasteiger partial charge in [0.2, 0.25) is 0 Å². The number of rotatable bonds is 7. The van der Waals surface area contributed by atoms with Crippen molar-refractivity contribution in [2.45, 2.75) is 45.6 Å². The minimum Gasteiger partial charge on any atom is -0.336 e. The molecule has 0 radical (unpaired) electrons. The maximum absolute atomic E-state index is 12.5. The Hall–Kier alpha value is -0.680. The van der Waals surface area contributed by atoms with E-state index in [-0.39, 0.29) is 6.54 Å². The van der Waals surface area contributed by atoms with E-state index in [0.29, 0.717) is 6.54 Å². The molecule has 15 heavy (non-hydrogen) atoms. The van der Waals surface area contributed by atoms with E-state index < -0.39 is 11.9 Å². The molecule has 0 aliphatic carbocycles. The Kier molecular flexibility index (Phi) is 6.43. The average Bonchev–Trinajstić information content (AvgIpc) is 2.16. The zero-order valence-corrected chi connectivity index (χ0v) is 9.37. The molecule has 0 aromatic carbocycles. The molecule has 0 fully saturated rings. The van der Waals surface area contributed by atoms with E-state index in [0.717, 1.165) is 30.6 Å². The standard InChI is InChI=1S/C10H20FNO3/c1-3-5-6-7-8-12(4-2)9(13)10(11,14)15/h14-15H,3-8H2,1-2H3. The summed E-state index contributed by atoms with van der Waals surface area (Å²) in [6.07, 6.45) is 3.85. The zero-order chi connectivity index (χ0) is 11.9. The first-order valence-corrected chi connectivity index (χ1v) is 5.36. The van der Waals surface area contributed by atoms with E-state index in [4.69, 9.17) is 10.2 Å². The van der Waals surface area contributed by atoms with Gasteiger partial charge in [-0.2, -0.15) is 4.39 Å². The fraction of sp³-hybridized carbons (Fsp3) is 0.900. The highest BCUT2D eigenvalue weighted by atomic mass is 19.2. The minimum absolute atomic E-state index is 0.276. The maximum atomic E-state index is 12.5. The molecule has 0 saturated carbocycles. The first-order chi connectivity index (χ1) is 6.93. The van der Waals surface area contributed by atoms with Crippen molar-refractivity contribution in [3.8, 4) is 0 Å². The Labute approximate surface area is 89.7 Å². The van der Waals surface area contributed by atoms with Crippen LogP contribution >= 0.6 is 0 Å². The predicted octanol–water partition coefficient (Wildman–Crippen LogP) is 1.02. The van der Waals surface area contributed by atoms with Crippen molar-refractivity contribution < 1.29 is 19.4 Å². The summed E-state index contributed by atoms with van der Waals surface area (Å²) in [6, 6.07) is -3.74. The SMILES string of the molecule is CCCCCCN(CC)C(=O)C(O)(O)F. The molecule has 90 valence electrons. The molecule has 0 aliphatic rings. The van der Waals surface area contributed by atoms with Gasteiger partial charge in [-0.1, -0.05) is 26.2 Å². The van der Waals surface area contributed by atoms with Gasteiger partial charge in [0.1, 0.15) is 0 Å². The van der Waals surface area contributed by atoms with Crippen molar-refractivity contribution in [1.29, 1.82) is 0 Å². The Morgan fingerprint density at radius 1 is 1.27 bits per heavy atom. The lowest BCUT2D eigenvalue weighted by molar-refractivity contribution is -0.253. The lowest BCUT2D eigenvalue weighted by Crippen LogP contribution is -2.46. The molecule has 0 rings (SSSR count). The fourth-order valence-corrected chi connectivity index (χ4v) is 1.33. The maximum Gasteiger partial charge on any atom is 0.398 e. The number of likely N-dealkylation sites (N-methyl/N-ethyl adjacent to an activating group) is 1. The van der Waals surface area contributed by atoms with E-state index in [1.807, 2.05) is 0 Å². The summed E-state index contributed by atoms with van der Waals surface area (Å²) in [6.45, 7) is 4.38. The minimum atomic E-state index is -3.74. The van der Waals surface area contributed by atoms with E-state index >= 15 is 0 Å². The Morgan fingerprint density at radius 3 is 2.27 bits per heavy atom. The summed E-state index contributed by atoms with van der Waals surface area (Å²) in [4.78, 5) is 12.2. The van der Waals surface area contributed by atoms with Crippen molar-refractivity contribution in [2.75, 3.05) is 13.1 Å². The molecule has 0 saturated heterocycles. The third kappa shape index (κ3) is 5.69. The summed E-state index contributed by atoms with van der Waals surface area (Å²) >= 11 is 0. The molecule has 0 aromatic heterocycles. The molecule has 0 aromatic rings. The molecule has 0 atom stereocenters. The molecule has 5 heteroatoms. The quantitative estimate of drug-likeness (QED) is 0.498. The highest BCUT2D eigenvalue weighted by molar-refractivity contribution is 5.81. The number of nitrogens with zero attached hydrogens (tertiary/aromatic N) is 1. The topological polar surface area (TPSA) is 60.8 Å². The predicted molar refractivity (Wildman–Crippen MR) is 54.7 cm³/mol. The number of hydrogen-bond acceptors (Lipinski definition) is 3. The third-order valence-corrected chi connectivity index (χ3v) is 2.22. The highest BCUT2D eigenvalue weighted by Crippen LogP contribution is 2.09. The molecule has 0 bridgehead atoms. The van der Waals surface area contributed by atoms with Gasteiger partial charge in [0.25, 0.3) is 0 Å². The lowest BCUT2D eigenvalue weighted by atomic mass is 10.2. The first-order valence-electron chi connectivity index (χ1n) is 5.36. The molecule has 2 N–H and O–H groups in total. The highest BCUT2D eigenvalue weighted by Gasteiger charge is 2.36. The van der Waals surface area contributed by atoms with Crippen molar-refractivity contribution in [3.05, 3.63) is 0 Å². The second kappa shape index (κ2) is 6.74. The molecule has 0 heterocycles. The summed E-state index contributed by atoms with van der Waals surface area (Å²) in [5.74, 6) is -1.28. The Morgan fingerprint density at radius 2 is 1.87 bits per heavy atom. The Bertz CT molecular complexity index is 192. The van der Waals surface area contributed by atoms with Gasteiger partial charge in [-0.25, -0.2) is 0 Å². The van der Waals surface area contributed by atoms with Gasteiger partial charge < -0.3 is 15.1 Å². The van der Waals surface area contributed by atoms with Crippen molar-refractivity contribution in [3.63, 3.8) is 0 Å². The van der Waals surface area contributed by atoms with Crippen LogP contribution in [0.4, 0.5) is 4.39 Å². The van der Waals surface area contributed by atoms with Crippen molar-refractivity contribution in [1.82, 2.24) is 4.90 Å². The number of carbonyl (C=O) groups excluding carboxylic acids is 1. The monoisotopic (exact) mass is 221 g/mol. The molecule has 0 unspecified atom stereocenters. The fourth-order valence-electron chi connectivity index (χ4n) is 1.33. The summed E-state index contributed by atoms with van der Waals surface area (Å²) in [5.41, 5.74) is 0. The van der Waals surface area contributed by atoms with Crippen LogP contribution in [0.1, 0.15) is 39.5 Å². The van der Waals surface area contributed by atoms with Crippen LogP contribution in [0.2, 0.25) is 0 Å². The van der Waals surface area contributed by atoms with Crippen LogP contribution in [0.25, 0.3) is 0 Å². The Balaban J connectivity index is 3.97. The van der Waals surface area contributed by atoms with Crippen molar-refractivity contribution in [2.24, 2.45) is 0 Å². The number of halogens is 1. The van der Waals surface area contributed by atoms with Gasteiger partial charge in [-0.3, -0.25) is 4.79 Å². The van der Waals surface area contributed by atoms with Crippen LogP contribution in [-0.2, 0) is 4.79 Å². The summed E-state index contributed by atoms with van der Waals surface area (Å²) in [7, 11) is 0. The number of carbonyl (C=O) groups is 1. The van der Waals surface area contributed by atoms with Crippen LogP contribution in [0, 0.1) is 0 Å². The third-order valence-electron chi connectivity index (χ3n) is 2.22. The van der Waals surface area contributed by atoms with Gasteiger partial charge in [-0.15, -0.1) is 0 Å². The molecule has 0 spiro atoms. The summed E-state index contributed by atoms with van der Waals surface area (Å²) < 4.78 is 12.5. The van der Waals surface area contributed by atoms with Crippen LogP contribution < -0.4 is 0 Å². The largest absolute Gasteiger partial charge is 0.398 e. The average molecular weight is 221 g/mol. The smallest absolute Gasteiger partial charge is 0.336 e. The number of amides is 1. The van der Waals surface area contributed by atoms with Gasteiger partial charge in [0.05, 0.1) is 0 Å². The van der Waals surface area contributed by atoms with Gasteiger partial charge in [-0.05, 0) is 13.3 Å². The van der Waals surface area contributed by atoms with Gasteiger partial charge >= 0.3 is 11.9 Å².